The van der Waals surface area contributed by atoms with Crippen LogP contribution < -0.4 is 14.8 Å². The Morgan fingerprint density at radius 2 is 2.12 bits per heavy atom. The van der Waals surface area contributed by atoms with Crippen molar-refractivity contribution in [3.05, 3.63) is 35.7 Å². The first-order valence-corrected chi connectivity index (χ1v) is 7.41. The number of hydrogen-bond acceptors (Lipinski definition) is 6. The van der Waals surface area contributed by atoms with E-state index in [0.717, 1.165) is 10.9 Å². The molecule has 2 aromatic rings. The van der Waals surface area contributed by atoms with Gasteiger partial charge in [0, 0.05) is 6.54 Å². The molecule has 0 aliphatic heterocycles. The number of aromatic nitrogens is 3. The van der Waals surface area contributed by atoms with Crippen LogP contribution >= 0.6 is 0 Å². The molecule has 0 saturated heterocycles. The Balaban J connectivity index is 1.86. The lowest BCUT2D eigenvalue weighted by Crippen LogP contribution is -2.29. The third kappa shape index (κ3) is 5.40. The fraction of sp³-hybridized carbons (Fsp3) is 0.333. The number of alkyl halides is 2. The number of carboxylic acid groups (broad SMARTS) is 1. The minimum Gasteiger partial charge on any atom is -0.493 e. The smallest absolute Gasteiger partial charge is 0.387 e. The van der Waals surface area contributed by atoms with E-state index < -0.39 is 18.5 Å². The largest absolute Gasteiger partial charge is 0.493 e. The summed E-state index contributed by atoms with van der Waals surface area (Å²) in [6.45, 7) is -2.93. The zero-order valence-electron chi connectivity index (χ0n) is 13.7. The van der Waals surface area contributed by atoms with Crippen LogP contribution in [0, 0.1) is 0 Å². The Morgan fingerprint density at radius 3 is 2.73 bits per heavy atom. The molecule has 0 spiro atoms. The minimum absolute atomic E-state index is 0.0878. The summed E-state index contributed by atoms with van der Waals surface area (Å²) in [5.74, 6) is -1.55. The summed E-state index contributed by atoms with van der Waals surface area (Å²) in [7, 11) is 1.34. The van der Waals surface area contributed by atoms with Crippen molar-refractivity contribution < 1.29 is 33.0 Å². The zero-order chi connectivity index (χ0) is 19.1. The molecule has 140 valence electrons. The molecule has 1 aromatic heterocycles. The van der Waals surface area contributed by atoms with Crippen molar-refractivity contribution in [3.63, 3.8) is 0 Å². The van der Waals surface area contributed by atoms with E-state index in [1.165, 1.54) is 19.2 Å². The molecule has 0 atom stereocenters. The monoisotopic (exact) mass is 370 g/mol. The maximum atomic E-state index is 12.4. The summed E-state index contributed by atoms with van der Waals surface area (Å²) in [4.78, 5) is 22.5. The van der Waals surface area contributed by atoms with Gasteiger partial charge >= 0.3 is 12.6 Å². The number of nitrogens with one attached hydrogen (secondary N) is 1. The fourth-order valence-corrected chi connectivity index (χ4v) is 2.09. The lowest BCUT2D eigenvalue weighted by molar-refractivity contribution is -0.121. The van der Waals surface area contributed by atoms with Crippen LogP contribution in [0.5, 0.6) is 11.5 Å². The molecule has 2 rings (SSSR count). The molecular formula is C15H16F2N4O5. The Kier molecular flexibility index (Phi) is 6.42. The van der Waals surface area contributed by atoms with Crippen LogP contribution in [0.25, 0.3) is 0 Å². The summed E-state index contributed by atoms with van der Waals surface area (Å²) in [5.41, 5.74) is 0.401. The summed E-state index contributed by atoms with van der Waals surface area (Å²) in [6, 6.07) is 4.57. The van der Waals surface area contributed by atoms with E-state index in [9.17, 15) is 18.4 Å². The highest BCUT2D eigenvalue weighted by Crippen LogP contribution is 2.29. The fourth-order valence-electron chi connectivity index (χ4n) is 2.09. The second-order valence-corrected chi connectivity index (χ2v) is 5.07. The van der Waals surface area contributed by atoms with Gasteiger partial charge in [-0.1, -0.05) is 11.3 Å². The number of halogens is 2. The van der Waals surface area contributed by atoms with Crippen LogP contribution in [0.15, 0.2) is 24.4 Å². The van der Waals surface area contributed by atoms with E-state index in [-0.39, 0.29) is 30.3 Å². The van der Waals surface area contributed by atoms with Gasteiger partial charge in [-0.05, 0) is 24.1 Å². The van der Waals surface area contributed by atoms with Crippen molar-refractivity contribution in [1.82, 2.24) is 20.3 Å². The van der Waals surface area contributed by atoms with Gasteiger partial charge in [-0.2, -0.15) is 8.78 Å². The van der Waals surface area contributed by atoms with Crippen LogP contribution in [-0.4, -0.2) is 52.2 Å². The third-order valence-corrected chi connectivity index (χ3v) is 3.24. The van der Waals surface area contributed by atoms with E-state index in [1.807, 2.05) is 0 Å². The molecule has 0 fully saturated rings. The van der Waals surface area contributed by atoms with Crippen molar-refractivity contribution in [2.75, 3.05) is 13.7 Å². The van der Waals surface area contributed by atoms with Crippen molar-refractivity contribution in [3.8, 4) is 11.5 Å². The molecule has 0 bridgehead atoms. The number of aromatic carboxylic acids is 1. The summed E-state index contributed by atoms with van der Waals surface area (Å²) in [5, 5.41) is 18.3. The summed E-state index contributed by atoms with van der Waals surface area (Å²) >= 11 is 0. The molecule has 0 saturated carbocycles. The lowest BCUT2D eigenvalue weighted by atomic mass is 10.1. The predicted octanol–water partition coefficient (Wildman–Crippen LogP) is 0.945. The number of rotatable bonds is 9. The molecule has 26 heavy (non-hydrogen) atoms. The number of hydrogen-bond donors (Lipinski definition) is 2. The van der Waals surface area contributed by atoms with E-state index in [0.29, 0.717) is 12.0 Å². The van der Waals surface area contributed by atoms with Crippen LogP contribution in [0.3, 0.4) is 0 Å². The highest BCUT2D eigenvalue weighted by atomic mass is 19.3. The maximum absolute atomic E-state index is 12.4. The minimum atomic E-state index is -2.97. The number of ether oxygens (including phenoxy) is 2. The number of carboxylic acids is 1. The molecule has 0 aliphatic rings. The van der Waals surface area contributed by atoms with Gasteiger partial charge in [0.05, 0.1) is 13.3 Å². The first-order valence-electron chi connectivity index (χ1n) is 7.41. The van der Waals surface area contributed by atoms with Gasteiger partial charge in [-0.25, -0.2) is 9.48 Å². The molecule has 9 nitrogen and oxygen atoms in total. The number of carbonyl (C=O) groups excluding carboxylic acids is 1. The quantitative estimate of drug-likeness (QED) is 0.675. The van der Waals surface area contributed by atoms with Crippen LogP contribution in [-0.2, 0) is 17.8 Å². The molecular weight excluding hydrogens is 354 g/mol. The second-order valence-electron chi connectivity index (χ2n) is 5.07. The maximum Gasteiger partial charge on any atom is 0.387 e. The Morgan fingerprint density at radius 1 is 1.35 bits per heavy atom. The predicted molar refractivity (Wildman–Crippen MR) is 83.3 cm³/mol. The van der Waals surface area contributed by atoms with Gasteiger partial charge in [-0.15, -0.1) is 5.10 Å². The number of carbonyl (C=O) groups is 2. The number of benzene rings is 1. The first kappa shape index (κ1) is 19.1. The third-order valence-electron chi connectivity index (χ3n) is 3.24. The lowest BCUT2D eigenvalue weighted by Gasteiger charge is -2.12. The van der Waals surface area contributed by atoms with E-state index in [1.54, 1.807) is 6.07 Å². The highest BCUT2D eigenvalue weighted by Gasteiger charge is 2.12. The van der Waals surface area contributed by atoms with Crippen LogP contribution in [0.2, 0.25) is 0 Å². The van der Waals surface area contributed by atoms with Crippen LogP contribution in [0.4, 0.5) is 8.78 Å². The van der Waals surface area contributed by atoms with Gasteiger partial charge in [0.25, 0.3) is 0 Å². The Hall–Kier alpha value is -3.24. The summed E-state index contributed by atoms with van der Waals surface area (Å²) in [6.07, 6.45) is 1.51. The van der Waals surface area contributed by atoms with Crippen molar-refractivity contribution >= 4 is 11.9 Å². The second kappa shape index (κ2) is 8.74. The average molecular weight is 370 g/mol. The standard InChI is InChI=1S/C15H16F2N4O5/c1-25-11-3-2-9(6-12(11)26-15(16)17)4-5-18-13(22)8-21-7-10(14(23)24)19-20-21/h2-3,6-7,15H,4-5,8H2,1H3,(H,18,22)(H,23,24). The normalized spacial score (nSPS) is 10.6. The Labute approximate surface area is 146 Å². The average Bonchev–Trinajstić information content (AvgIpc) is 3.03. The molecule has 1 heterocycles. The number of methoxy groups -OCH3 is 1. The van der Waals surface area contributed by atoms with E-state index >= 15 is 0 Å². The van der Waals surface area contributed by atoms with Crippen LogP contribution in [0.1, 0.15) is 16.1 Å². The molecule has 1 amide bonds. The van der Waals surface area contributed by atoms with E-state index in [2.05, 4.69) is 20.4 Å². The van der Waals surface area contributed by atoms with Gasteiger partial charge < -0.3 is 19.9 Å². The SMILES string of the molecule is COc1ccc(CCNC(=O)Cn2cc(C(=O)O)nn2)cc1OC(F)F. The van der Waals surface area contributed by atoms with Crippen molar-refractivity contribution in [2.24, 2.45) is 0 Å². The molecule has 0 unspecified atom stereocenters. The molecule has 0 radical (unpaired) electrons. The Bertz CT molecular complexity index is 781. The molecule has 11 heteroatoms. The van der Waals surface area contributed by atoms with Crippen molar-refractivity contribution in [1.29, 1.82) is 0 Å². The van der Waals surface area contributed by atoms with Gasteiger partial charge in [-0.3, -0.25) is 4.79 Å². The summed E-state index contributed by atoms with van der Waals surface area (Å²) < 4.78 is 35.2. The number of amides is 1. The highest BCUT2D eigenvalue weighted by molar-refractivity contribution is 5.84. The van der Waals surface area contributed by atoms with Gasteiger partial charge in [0.2, 0.25) is 5.91 Å². The van der Waals surface area contributed by atoms with E-state index in [4.69, 9.17) is 9.84 Å². The topological polar surface area (TPSA) is 116 Å². The zero-order valence-corrected chi connectivity index (χ0v) is 13.7. The van der Waals surface area contributed by atoms with Crippen molar-refractivity contribution in [2.45, 2.75) is 19.6 Å². The van der Waals surface area contributed by atoms with Gasteiger partial charge in [0.1, 0.15) is 6.54 Å². The first-order chi connectivity index (χ1) is 12.4. The molecule has 1 aromatic carbocycles. The molecule has 0 aliphatic carbocycles. The number of nitrogens with zero attached hydrogens (tertiary/aromatic N) is 3. The molecule has 2 N–H and O–H groups in total. The van der Waals surface area contributed by atoms with Gasteiger partial charge in [0.15, 0.2) is 17.2 Å².